The lowest BCUT2D eigenvalue weighted by Crippen LogP contribution is -2.41. The average Bonchev–Trinajstić information content (AvgIpc) is 2.28. The van der Waals surface area contributed by atoms with E-state index in [1.54, 1.807) is 6.92 Å². The Bertz CT molecular complexity index is 372. The number of hydrogen-bond donors (Lipinski definition) is 1. The van der Waals surface area contributed by atoms with Crippen LogP contribution in [0.4, 0.5) is 0 Å². The maximum atomic E-state index is 11.9. The predicted molar refractivity (Wildman–Crippen MR) is 66.6 cm³/mol. The molecule has 100 valence electrons. The second-order valence-electron chi connectivity index (χ2n) is 5.25. The molecular weight excluding hydrogens is 240 g/mol. The third kappa shape index (κ3) is 3.21. The van der Waals surface area contributed by atoms with E-state index in [-0.39, 0.29) is 5.75 Å². The van der Waals surface area contributed by atoms with Gasteiger partial charge in [-0.05, 0) is 31.1 Å². The Labute approximate surface area is 103 Å². The minimum absolute atomic E-state index is 0.0355. The Morgan fingerprint density at radius 1 is 1.35 bits per heavy atom. The standard InChI is InChI=1S/C12H22O4S/c1-4-17(15,16)11-6-5-9(8(2)3)7-10(11)12(13)14/h8-11H,4-7H2,1-3H3,(H,13,14). The Hall–Kier alpha value is -0.580. The first-order valence-electron chi connectivity index (χ1n) is 6.24. The number of carboxylic acids is 1. The van der Waals surface area contributed by atoms with E-state index in [2.05, 4.69) is 13.8 Å². The van der Waals surface area contributed by atoms with Crippen LogP contribution >= 0.6 is 0 Å². The number of aliphatic carboxylic acids is 1. The van der Waals surface area contributed by atoms with Gasteiger partial charge in [-0.3, -0.25) is 4.79 Å². The maximum absolute atomic E-state index is 11.9. The Balaban J connectivity index is 2.91. The van der Waals surface area contributed by atoms with Gasteiger partial charge in [-0.25, -0.2) is 8.42 Å². The van der Waals surface area contributed by atoms with E-state index < -0.39 is 27.0 Å². The Morgan fingerprint density at radius 3 is 2.35 bits per heavy atom. The van der Waals surface area contributed by atoms with Crippen molar-refractivity contribution in [2.75, 3.05) is 5.75 Å². The highest BCUT2D eigenvalue weighted by atomic mass is 32.2. The van der Waals surface area contributed by atoms with Crippen LogP contribution in [-0.4, -0.2) is 30.5 Å². The fourth-order valence-corrected chi connectivity index (χ4v) is 4.34. The third-order valence-corrected chi connectivity index (χ3v) is 6.24. The van der Waals surface area contributed by atoms with Gasteiger partial charge < -0.3 is 5.11 Å². The molecule has 1 fully saturated rings. The van der Waals surface area contributed by atoms with Gasteiger partial charge in [0.1, 0.15) is 0 Å². The molecule has 0 spiro atoms. The predicted octanol–water partition coefficient (Wildman–Crippen LogP) is 1.95. The topological polar surface area (TPSA) is 71.4 Å². The molecule has 1 saturated carbocycles. The largest absolute Gasteiger partial charge is 0.481 e. The van der Waals surface area contributed by atoms with Crippen molar-refractivity contribution in [3.05, 3.63) is 0 Å². The van der Waals surface area contributed by atoms with Crippen molar-refractivity contribution >= 4 is 15.8 Å². The van der Waals surface area contributed by atoms with Gasteiger partial charge in [0.2, 0.25) is 0 Å². The van der Waals surface area contributed by atoms with Gasteiger partial charge >= 0.3 is 5.97 Å². The fraction of sp³-hybridized carbons (Fsp3) is 0.917. The van der Waals surface area contributed by atoms with E-state index in [1.807, 2.05) is 0 Å². The van der Waals surface area contributed by atoms with Crippen LogP contribution in [0.5, 0.6) is 0 Å². The molecule has 0 aliphatic heterocycles. The van der Waals surface area contributed by atoms with Crippen LogP contribution in [0.15, 0.2) is 0 Å². The highest BCUT2D eigenvalue weighted by Gasteiger charge is 2.42. The van der Waals surface area contributed by atoms with Crippen LogP contribution in [0.1, 0.15) is 40.0 Å². The van der Waals surface area contributed by atoms with Gasteiger partial charge in [-0.1, -0.05) is 20.8 Å². The smallest absolute Gasteiger partial charge is 0.307 e. The van der Waals surface area contributed by atoms with Crippen molar-refractivity contribution in [3.63, 3.8) is 0 Å². The molecule has 0 saturated heterocycles. The number of carboxylic acid groups (broad SMARTS) is 1. The van der Waals surface area contributed by atoms with Gasteiger partial charge in [-0.15, -0.1) is 0 Å². The van der Waals surface area contributed by atoms with Crippen LogP contribution in [0.3, 0.4) is 0 Å². The molecule has 1 rings (SSSR count). The summed E-state index contributed by atoms with van der Waals surface area (Å²) >= 11 is 0. The van der Waals surface area contributed by atoms with Crippen molar-refractivity contribution in [2.24, 2.45) is 17.8 Å². The van der Waals surface area contributed by atoms with Crippen LogP contribution in [0.2, 0.25) is 0 Å². The van der Waals surface area contributed by atoms with Crippen LogP contribution < -0.4 is 0 Å². The van der Waals surface area contributed by atoms with E-state index in [1.165, 1.54) is 0 Å². The van der Waals surface area contributed by atoms with Crippen molar-refractivity contribution in [3.8, 4) is 0 Å². The first-order chi connectivity index (χ1) is 7.79. The molecule has 5 heteroatoms. The van der Waals surface area contributed by atoms with Gasteiger partial charge in [-0.2, -0.15) is 0 Å². The zero-order chi connectivity index (χ0) is 13.2. The number of carbonyl (C=O) groups is 1. The molecule has 1 aliphatic rings. The zero-order valence-electron chi connectivity index (χ0n) is 10.7. The number of sulfone groups is 1. The number of rotatable bonds is 4. The normalized spacial score (nSPS) is 30.5. The summed E-state index contributed by atoms with van der Waals surface area (Å²) in [5.41, 5.74) is 0. The van der Waals surface area contributed by atoms with E-state index in [9.17, 15) is 18.3 Å². The molecule has 0 bridgehead atoms. The van der Waals surface area contributed by atoms with Gasteiger partial charge in [0, 0.05) is 5.75 Å². The number of hydrogen-bond acceptors (Lipinski definition) is 3. The van der Waals surface area contributed by atoms with E-state index in [4.69, 9.17) is 0 Å². The summed E-state index contributed by atoms with van der Waals surface area (Å²) in [5.74, 6) is -0.895. The minimum atomic E-state index is -3.25. The first-order valence-corrected chi connectivity index (χ1v) is 7.95. The van der Waals surface area contributed by atoms with Crippen molar-refractivity contribution in [1.29, 1.82) is 0 Å². The minimum Gasteiger partial charge on any atom is -0.481 e. The quantitative estimate of drug-likeness (QED) is 0.840. The average molecular weight is 262 g/mol. The lowest BCUT2D eigenvalue weighted by Gasteiger charge is -2.35. The van der Waals surface area contributed by atoms with Gasteiger partial charge in [0.15, 0.2) is 9.84 Å². The molecule has 17 heavy (non-hydrogen) atoms. The Morgan fingerprint density at radius 2 is 1.94 bits per heavy atom. The second-order valence-corrected chi connectivity index (χ2v) is 7.76. The summed E-state index contributed by atoms with van der Waals surface area (Å²) in [4.78, 5) is 11.2. The van der Waals surface area contributed by atoms with Crippen LogP contribution in [0.25, 0.3) is 0 Å². The zero-order valence-corrected chi connectivity index (χ0v) is 11.5. The van der Waals surface area contributed by atoms with Crippen LogP contribution in [0, 0.1) is 17.8 Å². The molecule has 0 radical (unpaired) electrons. The monoisotopic (exact) mass is 262 g/mol. The molecule has 1 N–H and O–H groups in total. The lowest BCUT2D eigenvalue weighted by molar-refractivity contribution is -0.143. The third-order valence-electron chi connectivity index (χ3n) is 3.95. The van der Waals surface area contributed by atoms with Crippen molar-refractivity contribution < 1.29 is 18.3 Å². The molecular formula is C12H22O4S. The molecule has 0 amide bonds. The molecule has 3 unspecified atom stereocenters. The Kier molecular flexibility index (Phi) is 4.58. The fourth-order valence-electron chi connectivity index (χ4n) is 2.68. The van der Waals surface area contributed by atoms with E-state index in [0.29, 0.717) is 24.7 Å². The molecule has 4 nitrogen and oxygen atoms in total. The SMILES string of the molecule is CCS(=O)(=O)C1CCC(C(C)C)CC1C(=O)O. The summed E-state index contributed by atoms with van der Waals surface area (Å²) in [5, 5.41) is 8.52. The second kappa shape index (κ2) is 5.38. The maximum Gasteiger partial charge on any atom is 0.307 e. The summed E-state index contributed by atoms with van der Waals surface area (Å²) in [6.07, 6.45) is 1.82. The molecule has 3 atom stereocenters. The van der Waals surface area contributed by atoms with E-state index >= 15 is 0 Å². The summed E-state index contributed by atoms with van der Waals surface area (Å²) in [6, 6.07) is 0. The van der Waals surface area contributed by atoms with E-state index in [0.717, 1.165) is 6.42 Å². The molecule has 0 aromatic carbocycles. The highest BCUT2D eigenvalue weighted by Crippen LogP contribution is 2.37. The summed E-state index contributed by atoms with van der Waals surface area (Å²) in [7, 11) is -3.25. The van der Waals surface area contributed by atoms with Crippen molar-refractivity contribution in [2.45, 2.75) is 45.3 Å². The molecule has 0 aromatic heterocycles. The molecule has 1 aliphatic carbocycles. The molecule has 0 aromatic rings. The van der Waals surface area contributed by atoms with Crippen LogP contribution in [-0.2, 0) is 14.6 Å². The summed E-state index contributed by atoms with van der Waals surface area (Å²) < 4.78 is 23.8. The first kappa shape index (κ1) is 14.5. The molecule has 0 heterocycles. The van der Waals surface area contributed by atoms with Gasteiger partial charge in [0.25, 0.3) is 0 Å². The van der Waals surface area contributed by atoms with Gasteiger partial charge in [0.05, 0.1) is 11.2 Å². The highest BCUT2D eigenvalue weighted by molar-refractivity contribution is 7.92. The van der Waals surface area contributed by atoms with Crippen molar-refractivity contribution in [1.82, 2.24) is 0 Å². The summed E-state index contributed by atoms with van der Waals surface area (Å²) in [6.45, 7) is 5.72. The lowest BCUT2D eigenvalue weighted by atomic mass is 9.76.